The van der Waals surface area contributed by atoms with E-state index >= 15 is 0 Å². The third kappa shape index (κ3) is 1.92. The van der Waals surface area contributed by atoms with Gasteiger partial charge in [0.25, 0.3) is 0 Å². The lowest BCUT2D eigenvalue weighted by Gasteiger charge is -2.34. The molecule has 2 atom stereocenters. The van der Waals surface area contributed by atoms with E-state index in [1.807, 2.05) is 0 Å². The van der Waals surface area contributed by atoms with E-state index in [0.717, 1.165) is 32.0 Å². The van der Waals surface area contributed by atoms with Gasteiger partial charge in [-0.2, -0.15) is 0 Å². The third-order valence-corrected chi connectivity index (χ3v) is 5.47. The van der Waals surface area contributed by atoms with Crippen molar-refractivity contribution >= 4 is 0 Å². The first kappa shape index (κ1) is 12.8. The average Bonchev–Trinajstić information content (AvgIpc) is 3.07. The number of fused-ring (bicyclic) bond motifs is 2. The molecule has 0 saturated carbocycles. The molecule has 0 aromatic carbocycles. The molecular weight excluding hydrogens is 248 g/mol. The van der Waals surface area contributed by atoms with Gasteiger partial charge in [0.05, 0.1) is 11.7 Å². The van der Waals surface area contributed by atoms with E-state index in [0.29, 0.717) is 6.04 Å². The molecule has 4 nitrogen and oxygen atoms in total. The Kier molecular flexibility index (Phi) is 3.31. The molecule has 2 unspecified atom stereocenters. The summed E-state index contributed by atoms with van der Waals surface area (Å²) in [6, 6.07) is 1.47. The molecule has 3 aliphatic rings. The van der Waals surface area contributed by atoms with E-state index in [1.165, 1.54) is 56.0 Å². The van der Waals surface area contributed by atoms with Crippen molar-refractivity contribution in [2.24, 2.45) is 0 Å². The summed E-state index contributed by atoms with van der Waals surface area (Å²) >= 11 is 0. The fourth-order valence-corrected chi connectivity index (χ4v) is 4.55. The predicted molar refractivity (Wildman–Crippen MR) is 79.9 cm³/mol. The van der Waals surface area contributed by atoms with Crippen LogP contribution in [0.1, 0.15) is 55.9 Å². The Labute approximate surface area is 121 Å². The smallest absolute Gasteiger partial charge is 0.109 e. The first-order chi connectivity index (χ1) is 9.88. The highest BCUT2D eigenvalue weighted by Gasteiger charge is 2.38. The van der Waals surface area contributed by atoms with E-state index in [4.69, 9.17) is 4.98 Å². The molecule has 3 aliphatic heterocycles. The standard InChI is InChI=1S/C16H26N4/c1-2-16-18-12-11-17-8-6-13(12)20(16)15-7-10-19-9-4-3-5-14(15)19/h14-15,17H,2-11H2,1H3. The Morgan fingerprint density at radius 2 is 2.15 bits per heavy atom. The van der Waals surface area contributed by atoms with Crippen molar-refractivity contribution in [3.63, 3.8) is 0 Å². The summed E-state index contributed by atoms with van der Waals surface area (Å²) in [5.41, 5.74) is 2.86. The lowest BCUT2D eigenvalue weighted by atomic mass is 9.98. The highest BCUT2D eigenvalue weighted by Crippen LogP contribution is 2.37. The zero-order valence-electron chi connectivity index (χ0n) is 12.6. The molecule has 1 aromatic heterocycles. The maximum atomic E-state index is 4.93. The highest BCUT2D eigenvalue weighted by molar-refractivity contribution is 5.22. The van der Waals surface area contributed by atoms with Crippen LogP contribution in [0.3, 0.4) is 0 Å². The summed E-state index contributed by atoms with van der Waals surface area (Å²) < 4.78 is 2.66. The van der Waals surface area contributed by atoms with Crippen molar-refractivity contribution in [1.29, 1.82) is 0 Å². The van der Waals surface area contributed by atoms with Gasteiger partial charge >= 0.3 is 0 Å². The molecule has 1 aromatic rings. The van der Waals surface area contributed by atoms with Gasteiger partial charge < -0.3 is 9.88 Å². The summed E-state index contributed by atoms with van der Waals surface area (Å²) in [5.74, 6) is 1.33. The van der Waals surface area contributed by atoms with Crippen LogP contribution in [-0.4, -0.2) is 40.1 Å². The van der Waals surface area contributed by atoms with Gasteiger partial charge in [-0.25, -0.2) is 4.98 Å². The third-order valence-electron chi connectivity index (χ3n) is 5.47. The normalized spacial score (nSPS) is 30.2. The number of aromatic nitrogens is 2. The summed E-state index contributed by atoms with van der Waals surface area (Å²) in [5, 5.41) is 3.47. The van der Waals surface area contributed by atoms with Crippen LogP contribution in [0.25, 0.3) is 0 Å². The molecule has 2 saturated heterocycles. The fraction of sp³-hybridized carbons (Fsp3) is 0.812. The van der Waals surface area contributed by atoms with Crippen molar-refractivity contribution < 1.29 is 0 Å². The molecule has 0 amide bonds. The van der Waals surface area contributed by atoms with Crippen molar-refractivity contribution in [1.82, 2.24) is 19.8 Å². The Balaban J connectivity index is 1.72. The lowest BCUT2D eigenvalue weighted by Crippen LogP contribution is -2.38. The Hall–Kier alpha value is -0.870. The maximum absolute atomic E-state index is 4.93. The van der Waals surface area contributed by atoms with E-state index < -0.39 is 0 Å². The minimum atomic E-state index is 0.694. The van der Waals surface area contributed by atoms with Gasteiger partial charge in [0, 0.05) is 44.2 Å². The first-order valence-corrected chi connectivity index (χ1v) is 8.42. The van der Waals surface area contributed by atoms with E-state index in [2.05, 4.69) is 21.7 Å². The average molecular weight is 274 g/mol. The van der Waals surface area contributed by atoms with Crippen LogP contribution in [0.4, 0.5) is 0 Å². The highest BCUT2D eigenvalue weighted by atomic mass is 15.3. The second kappa shape index (κ2) is 5.15. The molecule has 4 heterocycles. The zero-order chi connectivity index (χ0) is 13.5. The molecule has 0 bridgehead atoms. The number of imidazole rings is 1. The van der Waals surface area contributed by atoms with Gasteiger partial charge in [-0.05, 0) is 25.8 Å². The van der Waals surface area contributed by atoms with E-state index in [1.54, 1.807) is 0 Å². The van der Waals surface area contributed by atoms with E-state index in [-0.39, 0.29) is 0 Å². The van der Waals surface area contributed by atoms with Crippen molar-refractivity contribution in [3.05, 3.63) is 17.2 Å². The molecule has 1 N–H and O–H groups in total. The summed E-state index contributed by atoms with van der Waals surface area (Å²) in [6.07, 6.45) is 7.75. The quantitative estimate of drug-likeness (QED) is 0.894. The van der Waals surface area contributed by atoms with Gasteiger partial charge in [0.1, 0.15) is 5.82 Å². The van der Waals surface area contributed by atoms with Crippen LogP contribution < -0.4 is 5.32 Å². The van der Waals surface area contributed by atoms with Gasteiger partial charge in [0.15, 0.2) is 0 Å². The number of nitrogens with zero attached hydrogens (tertiary/aromatic N) is 3. The minimum Gasteiger partial charge on any atom is -0.327 e. The first-order valence-electron chi connectivity index (χ1n) is 8.42. The second-order valence-electron chi connectivity index (χ2n) is 6.53. The van der Waals surface area contributed by atoms with Gasteiger partial charge in [0.2, 0.25) is 0 Å². The topological polar surface area (TPSA) is 33.1 Å². The molecule has 0 spiro atoms. The second-order valence-corrected chi connectivity index (χ2v) is 6.53. The Morgan fingerprint density at radius 3 is 3.05 bits per heavy atom. The fourth-order valence-electron chi connectivity index (χ4n) is 4.55. The number of hydrogen-bond donors (Lipinski definition) is 1. The van der Waals surface area contributed by atoms with Crippen LogP contribution in [0, 0.1) is 0 Å². The number of hydrogen-bond acceptors (Lipinski definition) is 3. The van der Waals surface area contributed by atoms with Gasteiger partial charge in [-0.1, -0.05) is 13.3 Å². The van der Waals surface area contributed by atoms with Crippen LogP contribution in [0.2, 0.25) is 0 Å². The number of piperidine rings is 1. The Morgan fingerprint density at radius 1 is 1.20 bits per heavy atom. The maximum Gasteiger partial charge on any atom is 0.109 e. The number of nitrogens with one attached hydrogen (secondary N) is 1. The lowest BCUT2D eigenvalue weighted by molar-refractivity contribution is 0.171. The van der Waals surface area contributed by atoms with Gasteiger partial charge in [-0.3, -0.25) is 4.90 Å². The number of aryl methyl sites for hydroxylation is 1. The largest absolute Gasteiger partial charge is 0.327 e. The van der Waals surface area contributed by atoms with Crippen molar-refractivity contribution in [2.75, 3.05) is 19.6 Å². The molecule has 0 radical (unpaired) electrons. The summed E-state index contributed by atoms with van der Waals surface area (Å²) in [7, 11) is 0. The molecule has 0 aliphatic carbocycles. The van der Waals surface area contributed by atoms with Crippen molar-refractivity contribution in [3.8, 4) is 0 Å². The van der Waals surface area contributed by atoms with Crippen LogP contribution in [-0.2, 0) is 19.4 Å². The summed E-state index contributed by atoms with van der Waals surface area (Å²) in [4.78, 5) is 7.67. The van der Waals surface area contributed by atoms with Crippen LogP contribution >= 0.6 is 0 Å². The predicted octanol–water partition coefficient (Wildman–Crippen LogP) is 1.89. The summed E-state index contributed by atoms with van der Waals surface area (Å²) in [6.45, 7) is 6.95. The van der Waals surface area contributed by atoms with Crippen LogP contribution in [0.15, 0.2) is 0 Å². The van der Waals surface area contributed by atoms with E-state index in [9.17, 15) is 0 Å². The minimum absolute atomic E-state index is 0.694. The van der Waals surface area contributed by atoms with Crippen molar-refractivity contribution in [2.45, 2.75) is 64.1 Å². The number of rotatable bonds is 2. The molecule has 4 heteroatoms. The van der Waals surface area contributed by atoms with Gasteiger partial charge in [-0.15, -0.1) is 0 Å². The zero-order valence-corrected chi connectivity index (χ0v) is 12.6. The Bertz CT molecular complexity index is 493. The monoisotopic (exact) mass is 274 g/mol. The molecule has 110 valence electrons. The molecule has 4 rings (SSSR count). The van der Waals surface area contributed by atoms with Crippen LogP contribution in [0.5, 0.6) is 0 Å². The molecule has 2 fully saturated rings. The molecular formula is C16H26N4. The SMILES string of the molecule is CCc1nc2c(n1C1CCN3CCCCC13)CCNC2. The molecule has 20 heavy (non-hydrogen) atoms.